The zero-order chi connectivity index (χ0) is 12.3. The van der Waals surface area contributed by atoms with E-state index < -0.39 is 0 Å². The van der Waals surface area contributed by atoms with Gasteiger partial charge in [0.25, 0.3) is 0 Å². The summed E-state index contributed by atoms with van der Waals surface area (Å²) in [6, 6.07) is 0.523. The molecule has 4 heteroatoms. The average molecular weight is 256 g/mol. The molecule has 98 valence electrons. The number of carbonyl (C=O) groups excluding carboxylic acids is 1. The summed E-state index contributed by atoms with van der Waals surface area (Å²) in [5.41, 5.74) is 0. The van der Waals surface area contributed by atoms with Crippen LogP contribution in [-0.2, 0) is 4.79 Å². The number of rotatable bonds is 3. The zero-order valence-electron chi connectivity index (χ0n) is 10.9. The molecular formula is C13H24N2OS. The Bertz CT molecular complexity index is 270. The molecule has 3 atom stereocenters. The van der Waals surface area contributed by atoms with Crippen molar-refractivity contribution in [1.82, 2.24) is 10.2 Å². The summed E-state index contributed by atoms with van der Waals surface area (Å²) in [6.45, 7) is 3.79. The van der Waals surface area contributed by atoms with Crippen molar-refractivity contribution >= 4 is 17.7 Å². The van der Waals surface area contributed by atoms with Gasteiger partial charge in [0, 0.05) is 36.1 Å². The fraction of sp³-hybridized carbons (Fsp3) is 0.923. The lowest BCUT2D eigenvalue weighted by molar-refractivity contribution is -0.137. The van der Waals surface area contributed by atoms with Crippen LogP contribution in [-0.4, -0.2) is 48.0 Å². The second-order valence-corrected chi connectivity index (χ2v) is 6.60. The van der Waals surface area contributed by atoms with Gasteiger partial charge in [-0.25, -0.2) is 0 Å². The summed E-state index contributed by atoms with van der Waals surface area (Å²) in [6.07, 6.45) is 5.17. The Hall–Kier alpha value is -0.220. The fourth-order valence-corrected chi connectivity index (χ4v) is 4.49. The SMILES string of the molecule is CNCC(C)C(=O)N1CCSC2CCCCC21. The third-order valence-electron chi connectivity index (χ3n) is 3.95. The molecule has 2 aliphatic rings. The molecule has 17 heavy (non-hydrogen) atoms. The van der Waals surface area contributed by atoms with Gasteiger partial charge in [-0.1, -0.05) is 19.8 Å². The van der Waals surface area contributed by atoms with Gasteiger partial charge in [0.15, 0.2) is 0 Å². The van der Waals surface area contributed by atoms with Crippen molar-refractivity contribution in [2.75, 3.05) is 25.9 Å². The lowest BCUT2D eigenvalue weighted by Gasteiger charge is -2.44. The lowest BCUT2D eigenvalue weighted by atomic mass is 9.92. The van der Waals surface area contributed by atoms with Crippen LogP contribution in [0.3, 0.4) is 0 Å². The van der Waals surface area contributed by atoms with Crippen molar-refractivity contribution in [3.63, 3.8) is 0 Å². The van der Waals surface area contributed by atoms with Gasteiger partial charge in [0.2, 0.25) is 5.91 Å². The maximum atomic E-state index is 12.4. The van der Waals surface area contributed by atoms with E-state index in [9.17, 15) is 4.79 Å². The highest BCUT2D eigenvalue weighted by Gasteiger charge is 2.37. The van der Waals surface area contributed by atoms with Gasteiger partial charge >= 0.3 is 0 Å². The van der Waals surface area contributed by atoms with Crippen LogP contribution < -0.4 is 5.32 Å². The Morgan fingerprint density at radius 2 is 2.24 bits per heavy atom. The van der Waals surface area contributed by atoms with Gasteiger partial charge in [-0.2, -0.15) is 11.8 Å². The predicted molar refractivity (Wildman–Crippen MR) is 73.3 cm³/mol. The van der Waals surface area contributed by atoms with Crippen molar-refractivity contribution < 1.29 is 4.79 Å². The summed E-state index contributed by atoms with van der Waals surface area (Å²) in [7, 11) is 1.92. The Morgan fingerprint density at radius 1 is 1.47 bits per heavy atom. The molecule has 1 amide bonds. The molecule has 0 aromatic carbocycles. The average Bonchev–Trinajstić information content (AvgIpc) is 2.37. The van der Waals surface area contributed by atoms with Crippen molar-refractivity contribution in [3.05, 3.63) is 0 Å². The summed E-state index contributed by atoms with van der Waals surface area (Å²) in [4.78, 5) is 14.6. The Kier molecular flexibility index (Phi) is 4.74. The smallest absolute Gasteiger partial charge is 0.226 e. The van der Waals surface area contributed by atoms with E-state index in [0.717, 1.165) is 18.8 Å². The van der Waals surface area contributed by atoms with Crippen LogP contribution in [0, 0.1) is 5.92 Å². The van der Waals surface area contributed by atoms with Crippen LogP contribution in [0.2, 0.25) is 0 Å². The van der Waals surface area contributed by atoms with Crippen molar-refractivity contribution in [2.24, 2.45) is 5.92 Å². The quantitative estimate of drug-likeness (QED) is 0.834. The molecule has 0 aromatic heterocycles. The fourth-order valence-electron chi connectivity index (χ4n) is 3.05. The van der Waals surface area contributed by atoms with Crippen LogP contribution >= 0.6 is 11.8 Å². The number of carbonyl (C=O) groups is 1. The topological polar surface area (TPSA) is 32.3 Å². The van der Waals surface area contributed by atoms with Gasteiger partial charge in [0.05, 0.1) is 0 Å². The van der Waals surface area contributed by atoms with Crippen LogP contribution in [0.25, 0.3) is 0 Å². The van der Waals surface area contributed by atoms with Crippen LogP contribution in [0.15, 0.2) is 0 Å². The first-order valence-electron chi connectivity index (χ1n) is 6.80. The molecule has 0 bridgehead atoms. The largest absolute Gasteiger partial charge is 0.338 e. The minimum Gasteiger partial charge on any atom is -0.338 e. The van der Waals surface area contributed by atoms with E-state index in [1.165, 1.54) is 25.7 Å². The number of hydrogen-bond donors (Lipinski definition) is 1. The van der Waals surface area contributed by atoms with E-state index in [4.69, 9.17) is 0 Å². The van der Waals surface area contributed by atoms with Crippen LogP contribution in [0.4, 0.5) is 0 Å². The molecule has 3 unspecified atom stereocenters. The van der Waals surface area contributed by atoms with Crippen molar-refractivity contribution in [2.45, 2.75) is 43.9 Å². The van der Waals surface area contributed by atoms with Crippen LogP contribution in [0.1, 0.15) is 32.6 Å². The molecule has 3 nitrogen and oxygen atoms in total. The predicted octanol–water partition coefficient (Wildman–Crippen LogP) is 1.73. The maximum Gasteiger partial charge on any atom is 0.226 e. The highest BCUT2D eigenvalue weighted by atomic mass is 32.2. The first-order valence-corrected chi connectivity index (χ1v) is 7.85. The van der Waals surface area contributed by atoms with Gasteiger partial charge in [-0.15, -0.1) is 0 Å². The van der Waals surface area contributed by atoms with Crippen molar-refractivity contribution in [1.29, 1.82) is 0 Å². The molecule has 1 saturated heterocycles. The van der Waals surface area contributed by atoms with E-state index in [0.29, 0.717) is 17.2 Å². The van der Waals surface area contributed by atoms with Gasteiger partial charge in [0.1, 0.15) is 0 Å². The first kappa shape index (κ1) is 13.2. The molecule has 1 aliphatic carbocycles. The molecule has 1 N–H and O–H groups in total. The Morgan fingerprint density at radius 3 is 3.00 bits per heavy atom. The second-order valence-electron chi connectivity index (χ2n) is 5.25. The Balaban J connectivity index is 2.00. The standard InChI is InChI=1S/C13H24N2OS/c1-10(9-14-2)13(16)15-7-8-17-12-6-4-3-5-11(12)15/h10-12,14H,3-9H2,1-2H3. The number of fused-ring (bicyclic) bond motifs is 1. The zero-order valence-corrected chi connectivity index (χ0v) is 11.8. The van der Waals surface area contributed by atoms with E-state index in [2.05, 4.69) is 22.0 Å². The molecule has 1 heterocycles. The third kappa shape index (κ3) is 2.97. The summed E-state index contributed by atoms with van der Waals surface area (Å²) >= 11 is 2.08. The molecule has 0 aromatic rings. The third-order valence-corrected chi connectivity index (χ3v) is 5.34. The van der Waals surface area contributed by atoms with Crippen molar-refractivity contribution in [3.8, 4) is 0 Å². The number of nitrogens with zero attached hydrogens (tertiary/aromatic N) is 1. The summed E-state index contributed by atoms with van der Waals surface area (Å²) < 4.78 is 0. The van der Waals surface area contributed by atoms with Gasteiger partial charge < -0.3 is 10.2 Å². The minimum absolute atomic E-state index is 0.116. The molecule has 0 spiro atoms. The van der Waals surface area contributed by atoms with Gasteiger partial charge in [-0.05, 0) is 19.9 Å². The van der Waals surface area contributed by atoms with Gasteiger partial charge in [-0.3, -0.25) is 4.79 Å². The maximum absolute atomic E-state index is 12.4. The molecule has 0 radical (unpaired) electrons. The minimum atomic E-state index is 0.116. The second kappa shape index (κ2) is 6.10. The number of thioether (sulfide) groups is 1. The van der Waals surface area contributed by atoms with E-state index in [1.807, 2.05) is 14.0 Å². The van der Waals surface area contributed by atoms with E-state index in [-0.39, 0.29) is 5.92 Å². The number of amides is 1. The lowest BCUT2D eigenvalue weighted by Crippen LogP contribution is -2.53. The molecule has 1 aliphatic heterocycles. The highest BCUT2D eigenvalue weighted by molar-refractivity contribution is 8.00. The summed E-state index contributed by atoms with van der Waals surface area (Å²) in [5.74, 6) is 1.60. The molecule has 2 fully saturated rings. The normalized spacial score (nSPS) is 30.8. The Labute approximate surface area is 109 Å². The molecule has 1 saturated carbocycles. The molecular weight excluding hydrogens is 232 g/mol. The summed E-state index contributed by atoms with van der Waals surface area (Å²) in [5, 5.41) is 3.82. The number of hydrogen-bond acceptors (Lipinski definition) is 3. The highest BCUT2D eigenvalue weighted by Crippen LogP contribution is 2.35. The van der Waals surface area contributed by atoms with E-state index >= 15 is 0 Å². The number of nitrogens with one attached hydrogen (secondary N) is 1. The first-order chi connectivity index (χ1) is 8.24. The van der Waals surface area contributed by atoms with Crippen LogP contribution in [0.5, 0.6) is 0 Å². The van der Waals surface area contributed by atoms with E-state index in [1.54, 1.807) is 0 Å². The monoisotopic (exact) mass is 256 g/mol. The molecule has 2 rings (SSSR count).